The van der Waals surface area contributed by atoms with Crippen LogP contribution in [0, 0.1) is 5.82 Å². The molecule has 0 saturated carbocycles. The quantitative estimate of drug-likeness (QED) is 0.710. The minimum absolute atomic E-state index is 0.360. The van der Waals surface area contributed by atoms with Crippen LogP contribution in [0.3, 0.4) is 0 Å². The van der Waals surface area contributed by atoms with E-state index in [-0.39, 0.29) is 0 Å². The summed E-state index contributed by atoms with van der Waals surface area (Å²) in [4.78, 5) is 5.24. The van der Waals surface area contributed by atoms with Crippen LogP contribution in [0.2, 0.25) is 4.34 Å². The topological polar surface area (TPSA) is 50.9 Å². The molecule has 3 aromatic rings. The molecule has 2 aromatic heterocycles. The van der Waals surface area contributed by atoms with Crippen molar-refractivity contribution < 1.29 is 4.39 Å². The summed E-state index contributed by atoms with van der Waals surface area (Å²) < 4.78 is 14.8. The third-order valence-electron chi connectivity index (χ3n) is 2.94. The van der Waals surface area contributed by atoms with E-state index in [0.717, 1.165) is 10.3 Å². The zero-order valence-corrected chi connectivity index (χ0v) is 11.9. The summed E-state index contributed by atoms with van der Waals surface area (Å²) in [6.07, 6.45) is 1.62. The Balaban J connectivity index is 1.98. The average Bonchev–Trinajstić information content (AvgIpc) is 2.84. The zero-order valence-electron chi connectivity index (χ0n) is 10.4. The first-order valence-corrected chi connectivity index (χ1v) is 7.15. The smallest absolute Gasteiger partial charge is 0.150 e. The maximum Gasteiger partial charge on any atom is 0.150 e. The van der Waals surface area contributed by atoms with Crippen LogP contribution in [0.5, 0.6) is 0 Å². The number of thiophene rings is 1. The van der Waals surface area contributed by atoms with Gasteiger partial charge in [-0.2, -0.15) is 0 Å². The molecule has 20 heavy (non-hydrogen) atoms. The van der Waals surface area contributed by atoms with Gasteiger partial charge in [0.05, 0.1) is 15.5 Å². The van der Waals surface area contributed by atoms with E-state index in [0.29, 0.717) is 27.8 Å². The second kappa shape index (κ2) is 5.26. The zero-order chi connectivity index (χ0) is 14.1. The Hall–Kier alpha value is -1.85. The molecule has 3 N–H and O–H groups in total. The van der Waals surface area contributed by atoms with Crippen LogP contribution in [0.4, 0.5) is 15.8 Å². The fraction of sp³-hybridized carbons (Fsp3) is 0.0714. The summed E-state index contributed by atoms with van der Waals surface area (Å²) in [6.45, 7) is 0.490. The summed E-state index contributed by atoms with van der Waals surface area (Å²) in [7, 11) is 0. The first kappa shape index (κ1) is 13.1. The van der Waals surface area contributed by atoms with Gasteiger partial charge in [-0.25, -0.2) is 4.39 Å². The summed E-state index contributed by atoms with van der Waals surface area (Å²) >= 11 is 7.33. The lowest BCUT2D eigenvalue weighted by Gasteiger charge is -2.11. The van der Waals surface area contributed by atoms with Crippen LogP contribution in [-0.2, 0) is 6.54 Å². The van der Waals surface area contributed by atoms with Crippen LogP contribution < -0.4 is 11.1 Å². The maximum absolute atomic E-state index is 14.1. The summed E-state index contributed by atoms with van der Waals surface area (Å²) in [5, 5.41) is 3.81. The number of nitrogens with one attached hydrogen (secondary N) is 1. The number of fused-ring (bicyclic) bond motifs is 1. The molecule has 6 heteroatoms. The van der Waals surface area contributed by atoms with Gasteiger partial charge in [0.2, 0.25) is 0 Å². The Labute approximate surface area is 124 Å². The number of rotatable bonds is 3. The minimum atomic E-state index is -0.406. The highest BCUT2D eigenvalue weighted by Gasteiger charge is 2.11. The van der Waals surface area contributed by atoms with Crippen molar-refractivity contribution in [1.82, 2.24) is 4.98 Å². The van der Waals surface area contributed by atoms with Gasteiger partial charge in [-0.15, -0.1) is 11.3 Å². The molecule has 0 aliphatic carbocycles. The first-order chi connectivity index (χ1) is 9.65. The molecule has 0 aliphatic heterocycles. The van der Waals surface area contributed by atoms with Gasteiger partial charge in [0, 0.05) is 28.7 Å². The SMILES string of the molecule is Nc1cc(F)c(NCc2ccc(Cl)s2)c2ncccc12. The molecule has 0 radical (unpaired) electrons. The summed E-state index contributed by atoms with van der Waals surface area (Å²) in [5.41, 5.74) is 7.09. The molecular weight excluding hydrogens is 297 g/mol. The number of pyridine rings is 1. The van der Waals surface area contributed by atoms with E-state index in [1.54, 1.807) is 12.3 Å². The Morgan fingerprint density at radius 2 is 2.20 bits per heavy atom. The van der Waals surface area contributed by atoms with Crippen LogP contribution >= 0.6 is 22.9 Å². The van der Waals surface area contributed by atoms with Crippen LogP contribution in [0.15, 0.2) is 36.5 Å². The third kappa shape index (κ3) is 2.42. The van der Waals surface area contributed by atoms with Gasteiger partial charge in [-0.1, -0.05) is 11.6 Å². The van der Waals surface area contributed by atoms with Crippen molar-refractivity contribution in [3.05, 3.63) is 51.6 Å². The molecule has 0 aliphatic rings. The fourth-order valence-corrected chi connectivity index (χ4v) is 3.05. The predicted molar refractivity (Wildman–Crippen MR) is 82.8 cm³/mol. The van der Waals surface area contributed by atoms with Gasteiger partial charge in [0.15, 0.2) is 5.82 Å². The largest absolute Gasteiger partial charge is 0.398 e. The fourth-order valence-electron chi connectivity index (χ4n) is 2.03. The van der Waals surface area contributed by atoms with E-state index in [1.807, 2.05) is 18.2 Å². The van der Waals surface area contributed by atoms with Gasteiger partial charge in [0.1, 0.15) is 0 Å². The number of anilines is 2. The van der Waals surface area contributed by atoms with Crippen LogP contribution in [-0.4, -0.2) is 4.98 Å². The van der Waals surface area contributed by atoms with Crippen molar-refractivity contribution in [2.75, 3.05) is 11.1 Å². The normalized spacial score (nSPS) is 10.9. The molecule has 102 valence electrons. The van der Waals surface area contributed by atoms with Crippen molar-refractivity contribution >= 4 is 45.2 Å². The van der Waals surface area contributed by atoms with E-state index >= 15 is 0 Å². The molecular formula is C14H11ClFN3S. The van der Waals surface area contributed by atoms with Gasteiger partial charge >= 0.3 is 0 Å². The standard InChI is InChI=1S/C14H11ClFN3S/c15-12-4-3-8(20-12)7-19-14-10(16)6-11(17)9-2-1-5-18-13(9)14/h1-6,19H,7,17H2. The molecule has 0 spiro atoms. The molecule has 0 fully saturated rings. The number of hydrogen-bond acceptors (Lipinski definition) is 4. The Kier molecular flexibility index (Phi) is 3.46. The molecule has 0 bridgehead atoms. The van der Waals surface area contributed by atoms with Gasteiger partial charge in [-0.3, -0.25) is 4.98 Å². The van der Waals surface area contributed by atoms with Gasteiger partial charge < -0.3 is 11.1 Å². The lowest BCUT2D eigenvalue weighted by molar-refractivity contribution is 0.632. The third-order valence-corrected chi connectivity index (χ3v) is 4.18. The van der Waals surface area contributed by atoms with Crippen LogP contribution in [0.1, 0.15) is 4.88 Å². The Morgan fingerprint density at radius 1 is 1.35 bits per heavy atom. The van der Waals surface area contributed by atoms with Crippen molar-refractivity contribution in [1.29, 1.82) is 0 Å². The molecule has 0 amide bonds. The lowest BCUT2D eigenvalue weighted by Crippen LogP contribution is -2.03. The van der Waals surface area contributed by atoms with Crippen molar-refractivity contribution in [3.8, 4) is 0 Å². The number of nitrogens with two attached hydrogens (primary N) is 1. The van der Waals surface area contributed by atoms with E-state index < -0.39 is 5.82 Å². The molecule has 2 heterocycles. The number of benzene rings is 1. The van der Waals surface area contributed by atoms with E-state index in [2.05, 4.69) is 10.3 Å². The highest BCUT2D eigenvalue weighted by Crippen LogP contribution is 2.30. The lowest BCUT2D eigenvalue weighted by atomic mass is 10.1. The Bertz CT molecular complexity index is 772. The van der Waals surface area contributed by atoms with E-state index in [1.165, 1.54) is 17.4 Å². The molecule has 0 saturated heterocycles. The summed E-state index contributed by atoms with van der Waals surface area (Å²) in [6, 6.07) is 8.64. The summed E-state index contributed by atoms with van der Waals surface area (Å²) in [5.74, 6) is -0.406. The minimum Gasteiger partial charge on any atom is -0.398 e. The monoisotopic (exact) mass is 307 g/mol. The van der Waals surface area contributed by atoms with Crippen LogP contribution in [0.25, 0.3) is 10.9 Å². The van der Waals surface area contributed by atoms with Gasteiger partial charge in [0.25, 0.3) is 0 Å². The first-order valence-electron chi connectivity index (χ1n) is 5.96. The number of hydrogen-bond donors (Lipinski definition) is 2. The average molecular weight is 308 g/mol. The molecule has 3 nitrogen and oxygen atoms in total. The molecule has 0 atom stereocenters. The highest BCUT2D eigenvalue weighted by molar-refractivity contribution is 7.16. The second-order valence-corrected chi connectivity index (χ2v) is 6.08. The van der Waals surface area contributed by atoms with Crippen molar-refractivity contribution in [2.45, 2.75) is 6.54 Å². The molecule has 1 aromatic carbocycles. The number of nitrogens with zero attached hydrogens (tertiary/aromatic N) is 1. The van der Waals surface area contributed by atoms with Gasteiger partial charge in [-0.05, 0) is 30.3 Å². The predicted octanol–water partition coefficient (Wildman–Crippen LogP) is 4.28. The number of halogens is 2. The molecule has 0 unspecified atom stereocenters. The van der Waals surface area contributed by atoms with E-state index in [9.17, 15) is 4.39 Å². The van der Waals surface area contributed by atoms with E-state index in [4.69, 9.17) is 17.3 Å². The maximum atomic E-state index is 14.1. The van der Waals surface area contributed by atoms with Crippen molar-refractivity contribution in [2.24, 2.45) is 0 Å². The Morgan fingerprint density at radius 3 is 2.95 bits per heavy atom. The highest BCUT2D eigenvalue weighted by atomic mass is 35.5. The number of aromatic nitrogens is 1. The van der Waals surface area contributed by atoms with Crippen molar-refractivity contribution in [3.63, 3.8) is 0 Å². The molecule has 3 rings (SSSR count). The second-order valence-electron chi connectivity index (χ2n) is 4.28. The number of nitrogen functional groups attached to an aromatic ring is 1.